The number of aliphatic hydroxyl groups is 1. The van der Waals surface area contributed by atoms with E-state index in [1.165, 1.54) is 12.1 Å². The van der Waals surface area contributed by atoms with E-state index >= 15 is 0 Å². The summed E-state index contributed by atoms with van der Waals surface area (Å²) in [5.74, 6) is -0.384. The van der Waals surface area contributed by atoms with Crippen molar-refractivity contribution in [1.82, 2.24) is 4.98 Å². The molecule has 0 bridgehead atoms. The molecular weight excluding hydrogens is 253 g/mol. The van der Waals surface area contributed by atoms with E-state index in [4.69, 9.17) is 11.6 Å². The monoisotopic (exact) mass is 265 g/mol. The van der Waals surface area contributed by atoms with Crippen molar-refractivity contribution in [1.29, 1.82) is 0 Å². The fourth-order valence-electron chi connectivity index (χ4n) is 1.82. The van der Waals surface area contributed by atoms with E-state index in [9.17, 15) is 9.50 Å². The summed E-state index contributed by atoms with van der Waals surface area (Å²) in [5, 5.41) is 10.8. The molecule has 2 rings (SSSR count). The number of hydrogen-bond acceptors (Lipinski definition) is 2. The van der Waals surface area contributed by atoms with Gasteiger partial charge in [0, 0.05) is 29.4 Å². The molecule has 0 radical (unpaired) electrons. The van der Waals surface area contributed by atoms with Crippen molar-refractivity contribution < 1.29 is 9.50 Å². The van der Waals surface area contributed by atoms with Crippen molar-refractivity contribution in [3.63, 3.8) is 0 Å². The van der Waals surface area contributed by atoms with E-state index < -0.39 is 5.60 Å². The van der Waals surface area contributed by atoms with Crippen LogP contribution in [0.25, 0.3) is 0 Å². The molecule has 18 heavy (non-hydrogen) atoms. The van der Waals surface area contributed by atoms with Gasteiger partial charge in [-0.3, -0.25) is 4.98 Å². The molecule has 2 nitrogen and oxygen atoms in total. The van der Waals surface area contributed by atoms with Gasteiger partial charge in [-0.1, -0.05) is 23.7 Å². The van der Waals surface area contributed by atoms with Gasteiger partial charge in [-0.05, 0) is 30.7 Å². The Kier molecular flexibility index (Phi) is 3.64. The summed E-state index contributed by atoms with van der Waals surface area (Å²) >= 11 is 5.96. The highest BCUT2D eigenvalue weighted by atomic mass is 35.5. The largest absolute Gasteiger partial charge is 0.385 e. The Bertz CT molecular complexity index is 543. The van der Waals surface area contributed by atoms with Gasteiger partial charge in [0.2, 0.25) is 0 Å². The van der Waals surface area contributed by atoms with Crippen molar-refractivity contribution in [3.8, 4) is 0 Å². The second kappa shape index (κ2) is 5.04. The zero-order valence-corrected chi connectivity index (χ0v) is 10.7. The lowest BCUT2D eigenvalue weighted by molar-refractivity contribution is 0.0572. The van der Waals surface area contributed by atoms with Crippen LogP contribution in [0, 0.1) is 5.82 Å². The predicted octanol–water partition coefficient (Wildman–Crippen LogP) is 3.32. The zero-order chi connectivity index (χ0) is 13.2. The average molecular weight is 266 g/mol. The first-order chi connectivity index (χ1) is 8.49. The number of hydrogen-bond donors (Lipinski definition) is 1. The quantitative estimate of drug-likeness (QED) is 0.923. The molecule has 0 aliphatic rings. The van der Waals surface area contributed by atoms with E-state index in [-0.39, 0.29) is 5.82 Å². The van der Waals surface area contributed by atoms with Gasteiger partial charge in [0.15, 0.2) is 0 Å². The molecule has 0 fully saturated rings. The van der Waals surface area contributed by atoms with Gasteiger partial charge in [0.25, 0.3) is 0 Å². The minimum absolute atomic E-state index is 0.303. The normalized spacial score (nSPS) is 14.2. The summed E-state index contributed by atoms with van der Waals surface area (Å²) in [5.41, 5.74) is 0.313. The Balaban J connectivity index is 2.28. The molecule has 4 heteroatoms. The van der Waals surface area contributed by atoms with E-state index in [2.05, 4.69) is 4.98 Å². The summed E-state index contributed by atoms with van der Waals surface area (Å²) in [7, 11) is 0. The average Bonchev–Trinajstić information content (AvgIpc) is 2.34. The van der Waals surface area contributed by atoms with Crippen LogP contribution in [-0.4, -0.2) is 10.1 Å². The minimum Gasteiger partial charge on any atom is -0.385 e. The van der Waals surface area contributed by atoms with Crippen LogP contribution in [0.15, 0.2) is 42.7 Å². The Hall–Kier alpha value is -1.45. The van der Waals surface area contributed by atoms with Crippen molar-refractivity contribution >= 4 is 11.6 Å². The van der Waals surface area contributed by atoms with Gasteiger partial charge in [-0.15, -0.1) is 0 Å². The lowest BCUT2D eigenvalue weighted by atomic mass is 9.90. The van der Waals surface area contributed by atoms with Crippen LogP contribution in [0.3, 0.4) is 0 Å². The first kappa shape index (κ1) is 13.0. The topological polar surface area (TPSA) is 33.1 Å². The molecule has 2 aromatic rings. The second-order valence-corrected chi connectivity index (χ2v) is 4.84. The summed E-state index contributed by atoms with van der Waals surface area (Å²) in [6.07, 6.45) is 3.56. The third-order valence-corrected chi connectivity index (χ3v) is 3.19. The fourth-order valence-corrected chi connectivity index (χ4v) is 2.05. The fraction of sp³-hybridized carbons (Fsp3) is 0.214. The molecule has 1 atom stereocenters. The Morgan fingerprint density at radius 1 is 1.39 bits per heavy atom. The minimum atomic E-state index is -1.09. The van der Waals surface area contributed by atoms with Crippen LogP contribution in [0.5, 0.6) is 0 Å². The lowest BCUT2D eigenvalue weighted by Gasteiger charge is -2.24. The Morgan fingerprint density at radius 2 is 2.17 bits per heavy atom. The van der Waals surface area contributed by atoms with Crippen LogP contribution in [-0.2, 0) is 12.0 Å². The number of halogens is 2. The maximum Gasteiger partial charge on any atom is 0.124 e. The van der Waals surface area contributed by atoms with E-state index in [1.54, 1.807) is 37.5 Å². The molecule has 0 saturated carbocycles. The highest BCUT2D eigenvalue weighted by Crippen LogP contribution is 2.28. The molecule has 0 amide bonds. The van der Waals surface area contributed by atoms with E-state index in [0.29, 0.717) is 22.6 Å². The van der Waals surface area contributed by atoms with Crippen molar-refractivity contribution in [3.05, 3.63) is 64.7 Å². The number of benzene rings is 1. The molecule has 1 aromatic heterocycles. The van der Waals surface area contributed by atoms with Crippen molar-refractivity contribution in [2.24, 2.45) is 0 Å². The molecule has 0 aliphatic carbocycles. The van der Waals surface area contributed by atoms with E-state index in [0.717, 1.165) is 0 Å². The van der Waals surface area contributed by atoms with Gasteiger partial charge >= 0.3 is 0 Å². The molecule has 1 N–H and O–H groups in total. The van der Waals surface area contributed by atoms with Gasteiger partial charge in [-0.2, -0.15) is 0 Å². The highest BCUT2D eigenvalue weighted by molar-refractivity contribution is 6.31. The maximum atomic E-state index is 12.9. The highest BCUT2D eigenvalue weighted by Gasteiger charge is 2.24. The molecule has 0 aliphatic heterocycles. The second-order valence-electron chi connectivity index (χ2n) is 4.43. The van der Waals surface area contributed by atoms with Crippen LogP contribution >= 0.6 is 11.6 Å². The maximum absolute atomic E-state index is 12.9. The number of nitrogens with zero attached hydrogens (tertiary/aromatic N) is 1. The molecule has 1 heterocycles. The molecule has 1 unspecified atom stereocenters. The van der Waals surface area contributed by atoms with Crippen LogP contribution in [0.4, 0.5) is 4.39 Å². The Morgan fingerprint density at radius 3 is 2.78 bits per heavy atom. The summed E-state index contributed by atoms with van der Waals surface area (Å²) in [6, 6.07) is 7.72. The van der Waals surface area contributed by atoms with Crippen molar-refractivity contribution in [2.75, 3.05) is 0 Å². The van der Waals surface area contributed by atoms with Crippen molar-refractivity contribution in [2.45, 2.75) is 18.9 Å². The third kappa shape index (κ3) is 2.86. The first-order valence-corrected chi connectivity index (χ1v) is 5.94. The molecule has 0 spiro atoms. The number of rotatable bonds is 3. The third-order valence-electron chi connectivity index (χ3n) is 2.83. The zero-order valence-electron chi connectivity index (χ0n) is 9.90. The van der Waals surface area contributed by atoms with Gasteiger partial charge in [0.05, 0.1) is 5.60 Å². The molecular formula is C14H13ClFNO. The van der Waals surface area contributed by atoms with Crippen LogP contribution < -0.4 is 0 Å². The summed E-state index contributed by atoms with van der Waals surface area (Å²) in [6.45, 7) is 1.68. The Labute approximate surface area is 110 Å². The smallest absolute Gasteiger partial charge is 0.124 e. The summed E-state index contributed by atoms with van der Waals surface area (Å²) < 4.78 is 12.9. The summed E-state index contributed by atoms with van der Waals surface area (Å²) in [4.78, 5) is 3.98. The predicted molar refractivity (Wildman–Crippen MR) is 68.9 cm³/mol. The number of aromatic nitrogens is 1. The van der Waals surface area contributed by atoms with Gasteiger partial charge in [0.1, 0.15) is 5.82 Å². The van der Waals surface area contributed by atoms with E-state index in [1.807, 2.05) is 0 Å². The van der Waals surface area contributed by atoms with Gasteiger partial charge in [-0.25, -0.2) is 4.39 Å². The molecule has 1 aromatic carbocycles. The van der Waals surface area contributed by atoms with Crippen LogP contribution in [0.2, 0.25) is 5.02 Å². The first-order valence-electron chi connectivity index (χ1n) is 5.56. The SMILES string of the molecule is CC(O)(Cc1ccc(F)cc1Cl)c1cccnc1. The van der Waals surface area contributed by atoms with Crippen LogP contribution in [0.1, 0.15) is 18.1 Å². The lowest BCUT2D eigenvalue weighted by Crippen LogP contribution is -2.24. The molecule has 94 valence electrons. The van der Waals surface area contributed by atoms with Gasteiger partial charge < -0.3 is 5.11 Å². The molecule has 0 saturated heterocycles. The standard InChI is InChI=1S/C14H13ClFNO/c1-14(18,11-3-2-6-17-9-11)8-10-4-5-12(16)7-13(10)15/h2-7,9,18H,8H2,1H3. The number of pyridine rings is 1.